The van der Waals surface area contributed by atoms with E-state index in [1.807, 2.05) is 0 Å². The van der Waals surface area contributed by atoms with Gasteiger partial charge >= 0.3 is 11.8 Å². The van der Waals surface area contributed by atoms with Gasteiger partial charge in [0.05, 0.1) is 5.34 Å². The highest BCUT2D eigenvalue weighted by molar-refractivity contribution is 5.76. The van der Waals surface area contributed by atoms with Gasteiger partial charge in [0.25, 0.3) is 0 Å². The van der Waals surface area contributed by atoms with Gasteiger partial charge in [-0.05, 0) is 0 Å². The Labute approximate surface area is 61.3 Å². The molecule has 3 nitrogen and oxygen atoms in total. The molecule has 0 unspecified atom stereocenters. The molecule has 66 valence electrons. The number of rotatable bonds is 3. The average molecular weight is 171 g/mol. The van der Waals surface area contributed by atoms with Crippen LogP contribution < -0.4 is 0 Å². The minimum absolute atomic E-state index is 1.06. The van der Waals surface area contributed by atoms with Crippen LogP contribution in [-0.2, 0) is 4.79 Å². The standard InChI is InChI=1S/C5H8F3NO2/c1-3(2)5(6,4(10)11)9(7)8/h3H,1-2H3,(H,10,11)/t5-/m0/s1. The highest BCUT2D eigenvalue weighted by Crippen LogP contribution is 2.27. The van der Waals surface area contributed by atoms with Crippen LogP contribution in [0.4, 0.5) is 13.4 Å². The van der Waals surface area contributed by atoms with Gasteiger partial charge in [-0.15, -0.1) is 0 Å². The molecule has 0 radical (unpaired) electrons. The van der Waals surface area contributed by atoms with Crippen LogP contribution in [0.25, 0.3) is 0 Å². The second-order valence-electron chi connectivity index (χ2n) is 2.37. The van der Waals surface area contributed by atoms with Crippen LogP contribution in [0.1, 0.15) is 13.8 Å². The molecule has 0 aromatic carbocycles. The number of aliphatic carboxylic acids is 1. The molecule has 0 amide bonds. The molecule has 0 fully saturated rings. The zero-order valence-electron chi connectivity index (χ0n) is 6.01. The fourth-order valence-electron chi connectivity index (χ4n) is 0.514. The van der Waals surface area contributed by atoms with Gasteiger partial charge in [0.1, 0.15) is 0 Å². The summed E-state index contributed by atoms with van der Waals surface area (Å²) < 4.78 is 36.1. The molecule has 6 heteroatoms. The van der Waals surface area contributed by atoms with Crippen molar-refractivity contribution in [3.63, 3.8) is 0 Å². The van der Waals surface area contributed by atoms with Crippen LogP contribution in [0.2, 0.25) is 0 Å². The summed E-state index contributed by atoms with van der Waals surface area (Å²) in [7, 11) is 0. The van der Waals surface area contributed by atoms with E-state index >= 15 is 0 Å². The topological polar surface area (TPSA) is 40.5 Å². The number of alkyl halides is 1. The van der Waals surface area contributed by atoms with Crippen molar-refractivity contribution < 1.29 is 23.3 Å². The minimum Gasteiger partial charge on any atom is -0.478 e. The largest absolute Gasteiger partial charge is 0.478 e. The van der Waals surface area contributed by atoms with Crippen molar-refractivity contribution in [1.29, 1.82) is 0 Å². The molecule has 0 saturated heterocycles. The molecule has 0 aromatic heterocycles. The molecule has 0 spiro atoms. The van der Waals surface area contributed by atoms with Crippen LogP contribution in [0.3, 0.4) is 0 Å². The molecule has 1 atom stereocenters. The molecular formula is C5H8F3NO2. The van der Waals surface area contributed by atoms with E-state index in [2.05, 4.69) is 0 Å². The third-order valence-electron chi connectivity index (χ3n) is 1.31. The van der Waals surface area contributed by atoms with Gasteiger partial charge < -0.3 is 5.11 Å². The minimum atomic E-state index is -3.58. The number of carbonyl (C=O) groups is 1. The van der Waals surface area contributed by atoms with E-state index in [4.69, 9.17) is 5.11 Å². The molecule has 0 aliphatic heterocycles. The monoisotopic (exact) mass is 171 g/mol. The molecule has 0 bridgehead atoms. The Morgan fingerprint density at radius 1 is 1.55 bits per heavy atom. The van der Waals surface area contributed by atoms with Crippen molar-refractivity contribution in [2.75, 3.05) is 0 Å². The van der Waals surface area contributed by atoms with Crippen LogP contribution in [0, 0.1) is 5.92 Å². The lowest BCUT2D eigenvalue weighted by Crippen LogP contribution is -2.47. The summed E-state index contributed by atoms with van der Waals surface area (Å²) in [4.78, 5) is 10.0. The lowest BCUT2D eigenvalue weighted by molar-refractivity contribution is -0.289. The fourth-order valence-corrected chi connectivity index (χ4v) is 0.514. The van der Waals surface area contributed by atoms with E-state index < -0.39 is 23.0 Å². The van der Waals surface area contributed by atoms with E-state index in [9.17, 15) is 18.1 Å². The average Bonchev–Trinajstić information content (AvgIpc) is 1.84. The first-order valence-electron chi connectivity index (χ1n) is 2.87. The second kappa shape index (κ2) is 3.08. The zero-order valence-corrected chi connectivity index (χ0v) is 6.01. The molecule has 0 aromatic rings. The predicted octanol–water partition coefficient (Wildman–Crippen LogP) is 1.46. The Bertz CT molecular complexity index is 152. The third-order valence-corrected chi connectivity index (χ3v) is 1.31. The number of carboxylic acids is 1. The molecule has 11 heavy (non-hydrogen) atoms. The molecule has 0 saturated carbocycles. The highest BCUT2D eigenvalue weighted by Gasteiger charge is 2.50. The smallest absolute Gasteiger partial charge is 0.362 e. The van der Waals surface area contributed by atoms with Gasteiger partial charge in [0.2, 0.25) is 0 Å². The Hall–Kier alpha value is -0.780. The van der Waals surface area contributed by atoms with Crippen LogP contribution in [-0.4, -0.2) is 22.2 Å². The molecular weight excluding hydrogens is 163 g/mol. The summed E-state index contributed by atoms with van der Waals surface area (Å²) in [6, 6.07) is 0. The highest BCUT2D eigenvalue weighted by atomic mass is 19.4. The summed E-state index contributed by atoms with van der Waals surface area (Å²) in [5.41, 5.74) is 0. The van der Waals surface area contributed by atoms with Crippen molar-refractivity contribution in [2.45, 2.75) is 19.6 Å². The second-order valence-corrected chi connectivity index (χ2v) is 2.37. The van der Waals surface area contributed by atoms with Crippen LogP contribution >= 0.6 is 0 Å². The van der Waals surface area contributed by atoms with Crippen molar-refractivity contribution in [1.82, 2.24) is 5.34 Å². The lowest BCUT2D eigenvalue weighted by Gasteiger charge is -2.23. The summed E-state index contributed by atoms with van der Waals surface area (Å²) in [5, 5.41) is 6.15. The van der Waals surface area contributed by atoms with Crippen molar-refractivity contribution in [3.05, 3.63) is 0 Å². The van der Waals surface area contributed by atoms with Gasteiger partial charge in [0.15, 0.2) is 0 Å². The van der Waals surface area contributed by atoms with Gasteiger partial charge in [-0.2, -0.15) is 0 Å². The number of hydrogen-bond donors (Lipinski definition) is 1. The fraction of sp³-hybridized carbons (Fsp3) is 0.800. The maximum atomic E-state index is 12.7. The summed E-state index contributed by atoms with van der Waals surface area (Å²) in [5.74, 6) is -7.08. The number of halogens is 3. The Kier molecular flexibility index (Phi) is 2.86. The number of hydrogen-bond acceptors (Lipinski definition) is 2. The van der Waals surface area contributed by atoms with Crippen LogP contribution in [0.5, 0.6) is 0 Å². The normalized spacial score (nSPS) is 17.0. The molecule has 1 N–H and O–H groups in total. The predicted molar refractivity (Wildman–Crippen MR) is 30.4 cm³/mol. The molecule has 0 aliphatic carbocycles. The van der Waals surface area contributed by atoms with Crippen molar-refractivity contribution >= 4 is 5.97 Å². The maximum absolute atomic E-state index is 12.7. The van der Waals surface area contributed by atoms with Gasteiger partial charge in [-0.25, -0.2) is 9.18 Å². The first kappa shape index (κ1) is 10.2. The van der Waals surface area contributed by atoms with Crippen molar-refractivity contribution in [3.8, 4) is 0 Å². The quantitative estimate of drug-likeness (QED) is 0.516. The number of nitrogens with zero attached hydrogens (tertiary/aromatic N) is 1. The first-order valence-corrected chi connectivity index (χ1v) is 2.87. The Morgan fingerprint density at radius 3 is 1.91 bits per heavy atom. The summed E-state index contributed by atoms with van der Waals surface area (Å²) >= 11 is 0. The molecule has 0 rings (SSSR count). The van der Waals surface area contributed by atoms with E-state index in [1.54, 1.807) is 0 Å². The number of carboxylic acid groups (broad SMARTS) is 1. The summed E-state index contributed by atoms with van der Waals surface area (Å²) in [6.07, 6.45) is 0. The molecule has 0 aliphatic rings. The van der Waals surface area contributed by atoms with Gasteiger partial charge in [0, 0.05) is 5.92 Å². The lowest BCUT2D eigenvalue weighted by atomic mass is 10.0. The zero-order chi connectivity index (χ0) is 9.23. The molecule has 0 heterocycles. The van der Waals surface area contributed by atoms with E-state index in [0.717, 1.165) is 13.8 Å². The van der Waals surface area contributed by atoms with Gasteiger partial charge in [-0.1, -0.05) is 22.8 Å². The van der Waals surface area contributed by atoms with Crippen LogP contribution in [0.15, 0.2) is 0 Å². The Balaban J connectivity index is 4.67. The van der Waals surface area contributed by atoms with Gasteiger partial charge in [-0.3, -0.25) is 0 Å². The SMILES string of the molecule is CC(C)[C@@](F)(C(=O)O)N(F)F. The van der Waals surface area contributed by atoms with E-state index in [0.29, 0.717) is 0 Å². The Morgan fingerprint density at radius 2 is 1.91 bits per heavy atom. The third kappa shape index (κ3) is 1.62. The summed E-state index contributed by atoms with van der Waals surface area (Å²) in [6.45, 7) is 2.11. The van der Waals surface area contributed by atoms with E-state index in [-0.39, 0.29) is 0 Å². The van der Waals surface area contributed by atoms with E-state index in [1.165, 1.54) is 0 Å². The maximum Gasteiger partial charge on any atom is 0.362 e. The van der Waals surface area contributed by atoms with Crippen molar-refractivity contribution in [2.24, 2.45) is 5.92 Å². The first-order chi connectivity index (χ1) is 4.83.